The number of hydrogen-bond donors (Lipinski definition) is 3. The van der Waals surface area contributed by atoms with Gasteiger partial charge in [-0.15, -0.1) is 0 Å². The van der Waals surface area contributed by atoms with Crippen molar-refractivity contribution in [2.75, 3.05) is 52.5 Å². The van der Waals surface area contributed by atoms with Crippen molar-refractivity contribution in [1.82, 2.24) is 15.2 Å². The van der Waals surface area contributed by atoms with Gasteiger partial charge in [0.05, 0.1) is 13.2 Å². The monoisotopic (exact) mass is 338 g/mol. The van der Waals surface area contributed by atoms with Gasteiger partial charge in [-0.1, -0.05) is 0 Å². The molecule has 0 aromatic rings. The van der Waals surface area contributed by atoms with Crippen molar-refractivity contribution in [2.24, 2.45) is 16.6 Å². The minimum atomic E-state index is 0.318. The fourth-order valence-corrected chi connectivity index (χ4v) is 2.77. The van der Waals surface area contributed by atoms with Crippen molar-refractivity contribution in [3.05, 3.63) is 24.4 Å². The van der Waals surface area contributed by atoms with Crippen LogP contribution < -0.4 is 17.0 Å². The number of likely N-dealkylation sites (tertiary alicyclic amines) is 1. The van der Waals surface area contributed by atoms with Crippen LogP contribution in [0.3, 0.4) is 0 Å². The van der Waals surface area contributed by atoms with Gasteiger partial charge in [-0.05, 0) is 25.8 Å². The molecule has 0 saturated carbocycles. The predicted molar refractivity (Wildman–Crippen MR) is 94.8 cm³/mol. The molecule has 0 aromatic heterocycles. The van der Waals surface area contributed by atoms with Crippen LogP contribution in [0, 0.1) is 0 Å². The lowest BCUT2D eigenvalue weighted by atomic mass is 10.1. The van der Waals surface area contributed by atoms with Crippen molar-refractivity contribution < 1.29 is 9.47 Å². The Morgan fingerprint density at radius 2 is 1.92 bits per heavy atom. The van der Waals surface area contributed by atoms with Gasteiger partial charge in [-0.3, -0.25) is 4.90 Å². The topological polar surface area (TPSA) is 101 Å². The quantitative estimate of drug-likeness (QED) is 0.197. The van der Waals surface area contributed by atoms with Gasteiger partial charge in [0.15, 0.2) is 0 Å². The number of nitrogens with two attached hydrogens (primary N) is 2. The Bertz CT molecular complexity index is 453. The zero-order valence-corrected chi connectivity index (χ0v) is 14.4. The zero-order chi connectivity index (χ0) is 17.2. The molecule has 0 bridgehead atoms. The Hall–Kier alpha value is -1.77. The lowest BCUT2D eigenvalue weighted by Gasteiger charge is -2.28. The van der Waals surface area contributed by atoms with Crippen molar-refractivity contribution in [1.29, 1.82) is 0 Å². The summed E-state index contributed by atoms with van der Waals surface area (Å²) >= 11 is 0. The lowest BCUT2D eigenvalue weighted by Crippen LogP contribution is -2.38. The number of hydrazine groups is 1. The highest BCUT2D eigenvalue weighted by Crippen LogP contribution is 2.11. The number of amidine groups is 1. The number of rotatable bonds is 7. The van der Waals surface area contributed by atoms with Gasteiger partial charge in [0, 0.05) is 38.8 Å². The molecule has 2 saturated heterocycles. The van der Waals surface area contributed by atoms with Gasteiger partial charge >= 0.3 is 0 Å². The molecule has 0 unspecified atom stereocenters. The molecule has 0 amide bonds. The van der Waals surface area contributed by atoms with Crippen LogP contribution in [0.25, 0.3) is 0 Å². The summed E-state index contributed by atoms with van der Waals surface area (Å²) in [5.41, 5.74) is 8.66. The highest BCUT2D eigenvalue weighted by molar-refractivity contribution is 5.93. The van der Waals surface area contributed by atoms with Crippen LogP contribution in [0.2, 0.25) is 0 Å². The van der Waals surface area contributed by atoms with E-state index >= 15 is 0 Å². The number of morpholine rings is 1. The predicted octanol–water partition coefficient (Wildman–Crippen LogP) is -0.0458. The third-order valence-corrected chi connectivity index (χ3v) is 4.18. The van der Waals surface area contributed by atoms with Crippen molar-refractivity contribution >= 4 is 5.84 Å². The maximum Gasteiger partial charge on any atom is 0.207 e. The molecule has 8 heteroatoms. The van der Waals surface area contributed by atoms with Gasteiger partial charge in [-0.2, -0.15) is 4.99 Å². The molecule has 5 N–H and O–H groups in total. The van der Waals surface area contributed by atoms with Gasteiger partial charge in [0.1, 0.15) is 18.3 Å². The van der Waals surface area contributed by atoms with Crippen LogP contribution in [0.15, 0.2) is 29.4 Å². The van der Waals surface area contributed by atoms with Crippen LogP contribution in [0.5, 0.6) is 0 Å². The summed E-state index contributed by atoms with van der Waals surface area (Å²) in [6.07, 6.45) is 5.30. The summed E-state index contributed by atoms with van der Waals surface area (Å²) in [6, 6.07) is 0. The summed E-state index contributed by atoms with van der Waals surface area (Å²) in [5, 5.41) is 0. The molecule has 2 aliphatic heterocycles. The molecule has 24 heavy (non-hydrogen) atoms. The Morgan fingerprint density at radius 3 is 2.58 bits per heavy atom. The summed E-state index contributed by atoms with van der Waals surface area (Å²) in [5.74, 6) is 6.94. The van der Waals surface area contributed by atoms with E-state index in [1.54, 1.807) is 6.08 Å². The second-order valence-corrected chi connectivity index (χ2v) is 5.95. The number of nitrogens with one attached hydrogen (secondary N) is 1. The van der Waals surface area contributed by atoms with E-state index in [9.17, 15) is 0 Å². The number of nitrogens with zero attached hydrogens (tertiary/aromatic N) is 3. The van der Waals surface area contributed by atoms with Gasteiger partial charge in [0.25, 0.3) is 0 Å². The van der Waals surface area contributed by atoms with E-state index in [1.165, 1.54) is 6.42 Å². The van der Waals surface area contributed by atoms with E-state index in [4.69, 9.17) is 21.1 Å². The summed E-state index contributed by atoms with van der Waals surface area (Å²) in [4.78, 5) is 8.68. The van der Waals surface area contributed by atoms with E-state index in [2.05, 4.69) is 26.8 Å². The molecule has 2 aliphatic rings. The molecular weight excluding hydrogens is 308 g/mol. The molecule has 2 rings (SSSR count). The number of aliphatic imine (C=N–C) groups is 1. The second kappa shape index (κ2) is 10.2. The first-order chi connectivity index (χ1) is 11.7. The normalized spacial score (nSPS) is 20.8. The van der Waals surface area contributed by atoms with Crippen LogP contribution in [0.4, 0.5) is 0 Å². The first-order valence-corrected chi connectivity index (χ1v) is 8.58. The van der Waals surface area contributed by atoms with E-state index in [1.807, 2.05) is 0 Å². The molecule has 0 spiro atoms. The van der Waals surface area contributed by atoms with Crippen LogP contribution >= 0.6 is 0 Å². The van der Waals surface area contributed by atoms with Crippen molar-refractivity contribution in [3.8, 4) is 0 Å². The molecule has 0 atom stereocenters. The minimum absolute atomic E-state index is 0.318. The molecule has 0 radical (unpaired) electrons. The van der Waals surface area contributed by atoms with E-state index in [0.29, 0.717) is 24.1 Å². The van der Waals surface area contributed by atoms with Gasteiger partial charge in [0.2, 0.25) is 5.88 Å². The van der Waals surface area contributed by atoms with E-state index in [-0.39, 0.29) is 0 Å². The largest absolute Gasteiger partial charge is 0.477 e. The Labute approximate surface area is 144 Å². The maximum absolute atomic E-state index is 6.12. The molecule has 2 fully saturated rings. The molecule has 0 aromatic carbocycles. The van der Waals surface area contributed by atoms with Crippen molar-refractivity contribution in [3.63, 3.8) is 0 Å². The minimum Gasteiger partial charge on any atom is -0.477 e. The fourth-order valence-electron chi connectivity index (χ4n) is 2.77. The first kappa shape index (κ1) is 18.6. The molecule has 0 aliphatic carbocycles. The van der Waals surface area contributed by atoms with Crippen LogP contribution in [-0.2, 0) is 9.47 Å². The number of hydrogen-bond acceptors (Lipinski definition) is 7. The van der Waals surface area contributed by atoms with Crippen LogP contribution in [0.1, 0.15) is 19.3 Å². The average Bonchev–Trinajstić information content (AvgIpc) is 2.62. The summed E-state index contributed by atoms with van der Waals surface area (Å²) in [7, 11) is 0. The van der Waals surface area contributed by atoms with Crippen LogP contribution in [-0.4, -0.2) is 68.2 Å². The zero-order valence-electron chi connectivity index (χ0n) is 14.4. The second-order valence-electron chi connectivity index (χ2n) is 5.95. The SMILES string of the molecule is C=C(/N=C(\C=C(/N)N1CCCCC1)NN)OCCN1CCOCC1. The standard InChI is InChI=1S/C16H30N6O2/c1-14(24-12-9-21-7-10-23-11-8-21)19-16(20-18)13-15(17)22-5-3-2-4-6-22/h13H,1-12,17-18H2,(H,19,20)/b15-13+. The summed E-state index contributed by atoms with van der Waals surface area (Å²) in [6.45, 7) is 10.5. The smallest absolute Gasteiger partial charge is 0.207 e. The van der Waals surface area contributed by atoms with E-state index < -0.39 is 0 Å². The number of ether oxygens (including phenoxy) is 2. The third-order valence-electron chi connectivity index (χ3n) is 4.18. The average molecular weight is 338 g/mol. The maximum atomic E-state index is 6.12. The first-order valence-electron chi connectivity index (χ1n) is 8.58. The number of piperidine rings is 1. The highest BCUT2D eigenvalue weighted by Gasteiger charge is 2.12. The van der Waals surface area contributed by atoms with Crippen molar-refractivity contribution in [2.45, 2.75) is 19.3 Å². The van der Waals surface area contributed by atoms with Gasteiger partial charge in [-0.25, -0.2) is 5.84 Å². The Morgan fingerprint density at radius 1 is 1.21 bits per heavy atom. The lowest BCUT2D eigenvalue weighted by molar-refractivity contribution is 0.0275. The Kier molecular flexibility index (Phi) is 7.87. The molecule has 136 valence electrons. The van der Waals surface area contributed by atoms with Gasteiger partial charge < -0.3 is 25.5 Å². The Balaban J connectivity index is 1.78. The highest BCUT2D eigenvalue weighted by atomic mass is 16.5. The summed E-state index contributed by atoms with van der Waals surface area (Å²) < 4.78 is 10.9. The fraction of sp³-hybridized carbons (Fsp3) is 0.688. The molecule has 2 heterocycles. The molecular formula is C16H30N6O2. The third kappa shape index (κ3) is 6.38. The van der Waals surface area contributed by atoms with E-state index in [0.717, 1.165) is 58.8 Å². The molecule has 8 nitrogen and oxygen atoms in total.